The van der Waals surface area contributed by atoms with Gasteiger partial charge >= 0.3 is 0 Å². The Morgan fingerprint density at radius 1 is 0.941 bits per heavy atom. The average molecular weight is 467 g/mol. The Hall–Kier alpha value is -3.49. The maximum absolute atomic E-state index is 13.6. The number of aromatic amines is 1. The number of hydrogen-bond acceptors (Lipinski definition) is 8. The Balaban J connectivity index is 1.73. The van der Waals surface area contributed by atoms with Crippen LogP contribution in [0.1, 0.15) is 55.6 Å². The molecule has 1 saturated heterocycles. The molecule has 3 aliphatic rings. The molecular formula is C25H30N4O5. The molecule has 2 aromatic rings. The van der Waals surface area contributed by atoms with Gasteiger partial charge in [-0.25, -0.2) is 0 Å². The summed E-state index contributed by atoms with van der Waals surface area (Å²) in [5, 5.41) is 3.34. The fraction of sp³-hybridized carbons (Fsp3) is 0.480. The number of nitrogens with zero attached hydrogens (tertiary/aromatic N) is 2. The Bertz CT molecular complexity index is 1210. The van der Waals surface area contributed by atoms with Gasteiger partial charge < -0.3 is 24.4 Å². The molecule has 2 aliphatic heterocycles. The number of fused-ring (bicyclic) bond motifs is 1. The summed E-state index contributed by atoms with van der Waals surface area (Å²) in [4.78, 5) is 36.7. The van der Waals surface area contributed by atoms with Crippen LogP contribution in [0.25, 0.3) is 0 Å². The van der Waals surface area contributed by atoms with E-state index in [4.69, 9.17) is 19.2 Å². The first-order chi connectivity index (χ1) is 16.6. The zero-order valence-electron chi connectivity index (χ0n) is 19.8. The average Bonchev–Trinajstić information content (AvgIpc) is 2.87. The number of aromatic nitrogens is 2. The number of allylic oxidation sites excluding steroid dienone is 2. The number of piperidine rings is 1. The fourth-order valence-corrected chi connectivity index (χ4v) is 5.37. The van der Waals surface area contributed by atoms with Gasteiger partial charge in [-0.3, -0.25) is 14.6 Å². The van der Waals surface area contributed by atoms with Crippen molar-refractivity contribution in [2.75, 3.05) is 44.6 Å². The smallest absolute Gasteiger partial charge is 0.258 e. The van der Waals surface area contributed by atoms with E-state index in [9.17, 15) is 9.59 Å². The van der Waals surface area contributed by atoms with E-state index in [2.05, 4.69) is 15.2 Å². The SMILES string of the molecule is COc1ccc(C2C3=C(CCCC3=O)Nc3nc(N4CCCCC4)[nH]c(=O)c32)c(OC)c1OC. The van der Waals surface area contributed by atoms with Crippen molar-refractivity contribution in [2.24, 2.45) is 0 Å². The summed E-state index contributed by atoms with van der Waals surface area (Å²) in [7, 11) is 4.64. The zero-order chi connectivity index (χ0) is 23.8. The molecule has 2 N–H and O–H groups in total. The van der Waals surface area contributed by atoms with Crippen LogP contribution in [-0.2, 0) is 4.79 Å². The number of ketones is 1. The molecule has 1 unspecified atom stereocenters. The largest absolute Gasteiger partial charge is 0.493 e. The number of nitrogens with one attached hydrogen (secondary N) is 2. The van der Waals surface area contributed by atoms with Gasteiger partial charge in [0.15, 0.2) is 17.3 Å². The van der Waals surface area contributed by atoms with Gasteiger partial charge in [0.05, 0.1) is 32.8 Å². The summed E-state index contributed by atoms with van der Waals surface area (Å²) >= 11 is 0. The number of Topliss-reactive ketones (excluding diaryl/α,β-unsaturated/α-hetero) is 1. The minimum atomic E-state index is -0.625. The predicted octanol–water partition coefficient (Wildman–Crippen LogP) is 3.35. The molecule has 1 fully saturated rings. The van der Waals surface area contributed by atoms with Crippen LogP contribution in [0.3, 0.4) is 0 Å². The number of carbonyl (C=O) groups excluding carboxylic acids is 1. The van der Waals surface area contributed by atoms with Crippen molar-refractivity contribution < 1.29 is 19.0 Å². The molecule has 0 bridgehead atoms. The number of hydrogen-bond donors (Lipinski definition) is 2. The van der Waals surface area contributed by atoms with E-state index in [1.165, 1.54) is 13.5 Å². The van der Waals surface area contributed by atoms with Crippen molar-refractivity contribution >= 4 is 17.5 Å². The van der Waals surface area contributed by atoms with E-state index >= 15 is 0 Å². The van der Waals surface area contributed by atoms with Gasteiger partial charge in [-0.1, -0.05) is 6.07 Å². The molecule has 1 aromatic carbocycles. The first kappa shape index (κ1) is 22.3. The molecule has 1 aromatic heterocycles. The van der Waals surface area contributed by atoms with Crippen molar-refractivity contribution in [1.29, 1.82) is 0 Å². The van der Waals surface area contributed by atoms with Gasteiger partial charge in [0.2, 0.25) is 11.7 Å². The molecule has 1 atom stereocenters. The van der Waals surface area contributed by atoms with Gasteiger partial charge in [-0.2, -0.15) is 4.98 Å². The number of benzene rings is 1. The molecule has 0 amide bonds. The zero-order valence-corrected chi connectivity index (χ0v) is 19.8. The maximum atomic E-state index is 13.6. The Morgan fingerprint density at radius 2 is 1.71 bits per heavy atom. The van der Waals surface area contributed by atoms with E-state index in [-0.39, 0.29) is 11.3 Å². The van der Waals surface area contributed by atoms with Crippen LogP contribution >= 0.6 is 0 Å². The molecule has 9 heteroatoms. The summed E-state index contributed by atoms with van der Waals surface area (Å²) in [6, 6.07) is 3.61. The van der Waals surface area contributed by atoms with Crippen LogP contribution < -0.4 is 30.0 Å². The van der Waals surface area contributed by atoms with Crippen LogP contribution in [0.15, 0.2) is 28.2 Å². The number of ether oxygens (including phenoxy) is 3. The fourth-order valence-electron chi connectivity index (χ4n) is 5.37. The van der Waals surface area contributed by atoms with Crippen LogP contribution in [-0.4, -0.2) is 50.2 Å². The van der Waals surface area contributed by atoms with Crippen molar-refractivity contribution in [3.8, 4) is 17.2 Å². The van der Waals surface area contributed by atoms with E-state index in [1.807, 2.05) is 6.07 Å². The second kappa shape index (κ2) is 9.04. The number of H-pyrrole nitrogens is 1. The van der Waals surface area contributed by atoms with Crippen molar-refractivity contribution in [3.05, 3.63) is 44.9 Å². The molecule has 3 heterocycles. The van der Waals surface area contributed by atoms with Crippen LogP contribution in [0.2, 0.25) is 0 Å². The molecule has 9 nitrogen and oxygen atoms in total. The summed E-state index contributed by atoms with van der Waals surface area (Å²) in [6.45, 7) is 1.72. The van der Waals surface area contributed by atoms with Crippen molar-refractivity contribution in [2.45, 2.75) is 44.4 Å². The highest BCUT2D eigenvalue weighted by Crippen LogP contribution is 2.50. The van der Waals surface area contributed by atoms with Crippen LogP contribution in [0.4, 0.5) is 11.8 Å². The lowest BCUT2D eigenvalue weighted by Gasteiger charge is -2.34. The van der Waals surface area contributed by atoms with Crippen molar-refractivity contribution in [1.82, 2.24) is 9.97 Å². The highest BCUT2D eigenvalue weighted by atomic mass is 16.5. The highest BCUT2D eigenvalue weighted by Gasteiger charge is 2.40. The molecule has 34 heavy (non-hydrogen) atoms. The highest BCUT2D eigenvalue weighted by molar-refractivity contribution is 6.01. The third-order valence-corrected chi connectivity index (χ3v) is 6.95. The summed E-state index contributed by atoms with van der Waals surface area (Å²) in [5.41, 5.74) is 2.25. The van der Waals surface area contributed by atoms with Crippen LogP contribution in [0.5, 0.6) is 17.2 Å². The van der Waals surface area contributed by atoms with Gasteiger partial charge in [0.1, 0.15) is 5.82 Å². The van der Waals surface area contributed by atoms with Crippen LogP contribution in [0, 0.1) is 0 Å². The molecule has 0 radical (unpaired) electrons. The lowest BCUT2D eigenvalue weighted by Crippen LogP contribution is -2.36. The molecule has 0 saturated carbocycles. The first-order valence-electron chi connectivity index (χ1n) is 11.8. The third kappa shape index (κ3) is 3.59. The predicted molar refractivity (Wildman–Crippen MR) is 128 cm³/mol. The number of rotatable bonds is 5. The van der Waals surface area contributed by atoms with E-state index in [1.54, 1.807) is 20.3 Å². The Labute approximate surface area is 198 Å². The number of carbonyl (C=O) groups is 1. The standard InChI is InChI=1S/C25H30N4O5/c1-32-17-11-10-14(21(33-2)22(17)34-3)18-19-15(8-7-9-16(19)30)26-23-20(18)24(31)28-25(27-23)29-12-5-4-6-13-29/h10-11,18H,4-9,12-13H2,1-3H3,(H2,26,27,28,31). The second-order valence-corrected chi connectivity index (χ2v) is 8.85. The summed E-state index contributed by atoms with van der Waals surface area (Å²) in [5.74, 6) is 1.83. The topological polar surface area (TPSA) is 106 Å². The maximum Gasteiger partial charge on any atom is 0.258 e. The monoisotopic (exact) mass is 466 g/mol. The molecule has 0 spiro atoms. The molecule has 180 valence electrons. The van der Waals surface area contributed by atoms with Crippen molar-refractivity contribution in [3.63, 3.8) is 0 Å². The normalized spacial score (nSPS) is 19.8. The van der Waals surface area contributed by atoms with Gasteiger partial charge in [-0.05, 0) is 38.2 Å². The number of anilines is 2. The molecular weight excluding hydrogens is 436 g/mol. The minimum absolute atomic E-state index is 0.0285. The molecule has 1 aliphatic carbocycles. The van der Waals surface area contributed by atoms with Gasteiger partial charge in [0.25, 0.3) is 5.56 Å². The lowest BCUT2D eigenvalue weighted by molar-refractivity contribution is -0.116. The summed E-state index contributed by atoms with van der Waals surface area (Å²) < 4.78 is 16.8. The second-order valence-electron chi connectivity index (χ2n) is 8.85. The third-order valence-electron chi connectivity index (χ3n) is 6.95. The number of methoxy groups -OCH3 is 3. The van der Waals surface area contributed by atoms with E-state index < -0.39 is 5.92 Å². The van der Waals surface area contributed by atoms with E-state index in [0.29, 0.717) is 52.1 Å². The van der Waals surface area contributed by atoms with E-state index in [0.717, 1.165) is 44.5 Å². The van der Waals surface area contributed by atoms with Gasteiger partial charge in [-0.15, -0.1) is 0 Å². The lowest BCUT2D eigenvalue weighted by atomic mass is 9.76. The molecule has 5 rings (SSSR count). The Kier molecular flexibility index (Phi) is 5.93. The quantitative estimate of drug-likeness (QED) is 0.691. The Morgan fingerprint density at radius 3 is 2.41 bits per heavy atom. The minimum Gasteiger partial charge on any atom is -0.493 e. The summed E-state index contributed by atoms with van der Waals surface area (Å²) in [6.07, 6.45) is 5.26. The van der Waals surface area contributed by atoms with Gasteiger partial charge in [0, 0.05) is 36.3 Å². The first-order valence-corrected chi connectivity index (χ1v) is 11.8.